The first-order valence-electron chi connectivity index (χ1n) is 8.65. The van der Waals surface area contributed by atoms with Crippen LogP contribution in [0, 0.1) is 5.82 Å². The van der Waals surface area contributed by atoms with Crippen molar-refractivity contribution in [2.75, 3.05) is 13.2 Å². The number of imidazole rings is 1. The maximum absolute atomic E-state index is 13.8. The van der Waals surface area contributed by atoms with E-state index in [0.29, 0.717) is 13.2 Å². The molecule has 144 valence electrons. The van der Waals surface area contributed by atoms with Gasteiger partial charge in [-0.3, -0.25) is 9.59 Å². The van der Waals surface area contributed by atoms with Crippen LogP contribution in [0.1, 0.15) is 34.7 Å². The molecule has 3 heterocycles. The van der Waals surface area contributed by atoms with Crippen molar-refractivity contribution < 1.29 is 18.7 Å². The highest BCUT2D eigenvalue weighted by Crippen LogP contribution is 2.36. The van der Waals surface area contributed by atoms with E-state index in [2.05, 4.69) is 25.5 Å². The summed E-state index contributed by atoms with van der Waals surface area (Å²) in [6.07, 6.45) is 3.31. The zero-order chi connectivity index (χ0) is 19.7. The molecule has 2 aromatic rings. The number of aromatic nitrogens is 2. The van der Waals surface area contributed by atoms with Crippen molar-refractivity contribution in [1.29, 1.82) is 0 Å². The Kier molecular flexibility index (Phi) is 5.01. The van der Waals surface area contributed by atoms with Crippen LogP contribution in [-0.4, -0.2) is 41.0 Å². The number of carbonyl (C=O) groups excluding carboxylic acids is 2. The highest BCUT2D eigenvalue weighted by Gasteiger charge is 2.29. The van der Waals surface area contributed by atoms with Crippen molar-refractivity contribution in [3.63, 3.8) is 0 Å². The smallest absolute Gasteiger partial charge is 0.298 e. The third-order valence-corrected chi connectivity index (χ3v) is 4.85. The molecule has 4 rings (SSSR count). The lowest BCUT2D eigenvalue weighted by molar-refractivity contribution is -0.112. The van der Waals surface area contributed by atoms with Gasteiger partial charge in [-0.15, -0.1) is 10.2 Å². The van der Waals surface area contributed by atoms with Gasteiger partial charge < -0.3 is 15.0 Å². The number of nitrogens with zero attached hydrogens (tertiary/aromatic N) is 3. The molecule has 1 aromatic heterocycles. The van der Waals surface area contributed by atoms with Gasteiger partial charge in [0.1, 0.15) is 17.2 Å². The van der Waals surface area contributed by atoms with Gasteiger partial charge in [0.05, 0.1) is 16.7 Å². The molecule has 2 N–H and O–H groups in total. The molecule has 1 atom stereocenters. The van der Waals surface area contributed by atoms with Gasteiger partial charge >= 0.3 is 0 Å². The summed E-state index contributed by atoms with van der Waals surface area (Å²) in [6, 6.07) is 4.11. The number of rotatable bonds is 5. The normalized spacial score (nSPS) is 18.9. The zero-order valence-electron chi connectivity index (χ0n) is 14.5. The van der Waals surface area contributed by atoms with Crippen LogP contribution in [0.25, 0.3) is 11.3 Å². The second-order valence-corrected chi connectivity index (χ2v) is 6.69. The van der Waals surface area contributed by atoms with E-state index < -0.39 is 17.6 Å². The van der Waals surface area contributed by atoms with E-state index >= 15 is 0 Å². The fourth-order valence-electron chi connectivity index (χ4n) is 3.07. The Labute approximate surface area is 163 Å². The first kappa shape index (κ1) is 18.5. The van der Waals surface area contributed by atoms with E-state index in [0.717, 1.165) is 12.8 Å². The van der Waals surface area contributed by atoms with Crippen LogP contribution in [0.2, 0.25) is 5.02 Å². The molecular formula is C18H15ClFN5O3. The van der Waals surface area contributed by atoms with Gasteiger partial charge in [-0.25, -0.2) is 9.37 Å². The van der Waals surface area contributed by atoms with Gasteiger partial charge in [0.25, 0.3) is 11.8 Å². The summed E-state index contributed by atoms with van der Waals surface area (Å²) in [4.78, 5) is 31.4. The van der Waals surface area contributed by atoms with E-state index in [1.807, 2.05) is 0 Å². The minimum Gasteiger partial charge on any atom is -0.376 e. The molecule has 0 spiro atoms. The summed E-state index contributed by atoms with van der Waals surface area (Å²) in [5.41, 5.74) is 0.542. The fourth-order valence-corrected chi connectivity index (χ4v) is 3.29. The topological polar surface area (TPSA) is 109 Å². The number of ether oxygens (including phenoxy) is 1. The molecule has 1 saturated heterocycles. The molecule has 1 unspecified atom stereocenters. The second kappa shape index (κ2) is 7.61. The van der Waals surface area contributed by atoms with Crippen molar-refractivity contribution in [2.24, 2.45) is 10.2 Å². The van der Waals surface area contributed by atoms with Gasteiger partial charge in [-0.05, 0) is 18.9 Å². The average Bonchev–Trinajstić information content (AvgIpc) is 3.43. The van der Waals surface area contributed by atoms with Crippen molar-refractivity contribution in [1.82, 2.24) is 15.3 Å². The maximum Gasteiger partial charge on any atom is 0.298 e. The van der Waals surface area contributed by atoms with Gasteiger partial charge in [0, 0.05) is 24.9 Å². The van der Waals surface area contributed by atoms with E-state index in [1.165, 1.54) is 24.4 Å². The number of H-pyrrole nitrogens is 1. The number of hydrogen-bond donors (Lipinski definition) is 2. The minimum absolute atomic E-state index is 0.00376. The van der Waals surface area contributed by atoms with Crippen molar-refractivity contribution in [3.8, 4) is 0 Å². The summed E-state index contributed by atoms with van der Waals surface area (Å²) < 4.78 is 19.3. The molecule has 1 fully saturated rings. The molecule has 28 heavy (non-hydrogen) atoms. The molecule has 0 saturated carbocycles. The number of amides is 2. The molecule has 2 aliphatic rings. The number of nitrogens with one attached hydrogen (secondary N) is 2. The quantitative estimate of drug-likeness (QED) is 0.799. The van der Waals surface area contributed by atoms with E-state index in [-0.39, 0.29) is 39.5 Å². The Morgan fingerprint density at radius 2 is 2.25 bits per heavy atom. The van der Waals surface area contributed by atoms with E-state index in [4.69, 9.17) is 16.3 Å². The van der Waals surface area contributed by atoms with Crippen molar-refractivity contribution in [2.45, 2.75) is 18.9 Å². The Bertz CT molecular complexity index is 1010. The fraction of sp³-hybridized carbons (Fsp3) is 0.278. The highest BCUT2D eigenvalue weighted by atomic mass is 35.5. The summed E-state index contributed by atoms with van der Waals surface area (Å²) in [7, 11) is 0. The average molecular weight is 404 g/mol. The Hall–Kier alpha value is -2.91. The first-order chi connectivity index (χ1) is 13.5. The second-order valence-electron chi connectivity index (χ2n) is 6.31. The van der Waals surface area contributed by atoms with Crippen LogP contribution < -0.4 is 5.32 Å². The number of hydrogen-bond acceptors (Lipinski definition) is 5. The minimum atomic E-state index is -0.665. The van der Waals surface area contributed by atoms with E-state index in [9.17, 15) is 14.0 Å². The van der Waals surface area contributed by atoms with Crippen LogP contribution >= 0.6 is 11.6 Å². The first-order valence-corrected chi connectivity index (χ1v) is 9.02. The van der Waals surface area contributed by atoms with Gasteiger partial charge in [-0.2, -0.15) is 0 Å². The van der Waals surface area contributed by atoms with Crippen LogP contribution in [0.5, 0.6) is 0 Å². The maximum atomic E-state index is 13.8. The SMILES string of the molecule is O=C1N=NC(c2c[nH]c(C(=O)NCC3CCCO3)n2)=C1c1cccc(F)c1Cl. The van der Waals surface area contributed by atoms with E-state index in [1.54, 1.807) is 0 Å². The third kappa shape index (κ3) is 3.46. The van der Waals surface area contributed by atoms with Crippen molar-refractivity contribution in [3.05, 3.63) is 52.3 Å². The summed E-state index contributed by atoms with van der Waals surface area (Å²) in [5.74, 6) is -1.68. The van der Waals surface area contributed by atoms with Crippen LogP contribution in [0.3, 0.4) is 0 Å². The predicted molar refractivity (Wildman–Crippen MR) is 98.0 cm³/mol. The Balaban J connectivity index is 1.60. The number of aromatic amines is 1. The van der Waals surface area contributed by atoms with Crippen molar-refractivity contribution >= 4 is 34.7 Å². The Morgan fingerprint density at radius 3 is 3.04 bits per heavy atom. The molecule has 2 aliphatic heterocycles. The molecule has 2 amide bonds. The van der Waals surface area contributed by atoms with Gasteiger partial charge in [-0.1, -0.05) is 23.7 Å². The summed E-state index contributed by atoms with van der Waals surface area (Å²) in [5, 5.41) is 9.90. The number of benzene rings is 1. The highest BCUT2D eigenvalue weighted by molar-refractivity contribution is 6.37. The van der Waals surface area contributed by atoms with Crippen LogP contribution in [0.4, 0.5) is 4.39 Å². The zero-order valence-corrected chi connectivity index (χ0v) is 15.3. The summed E-state index contributed by atoms with van der Waals surface area (Å²) in [6.45, 7) is 1.09. The molecule has 10 heteroatoms. The summed E-state index contributed by atoms with van der Waals surface area (Å²) >= 11 is 6.00. The third-order valence-electron chi connectivity index (χ3n) is 4.46. The van der Waals surface area contributed by atoms with Crippen LogP contribution in [0.15, 0.2) is 34.6 Å². The lowest BCUT2D eigenvalue weighted by Gasteiger charge is -2.09. The number of azo groups is 1. The molecule has 8 nitrogen and oxygen atoms in total. The Morgan fingerprint density at radius 1 is 1.39 bits per heavy atom. The molecule has 1 aromatic carbocycles. The molecule has 0 aliphatic carbocycles. The molecular weight excluding hydrogens is 389 g/mol. The monoisotopic (exact) mass is 403 g/mol. The van der Waals surface area contributed by atoms with Gasteiger partial charge in [0.2, 0.25) is 0 Å². The predicted octanol–water partition coefficient (Wildman–Crippen LogP) is 2.97. The van der Waals surface area contributed by atoms with Crippen LogP contribution in [-0.2, 0) is 9.53 Å². The lowest BCUT2D eigenvalue weighted by atomic mass is 10.0. The number of carbonyl (C=O) groups is 2. The standard InChI is InChI=1S/C18H15ClFN5O3/c19-14-10(4-1-5-11(14)20)13-15(24-25-17(13)26)12-8-21-16(23-12)18(27)22-7-9-3-2-6-28-9/h1,4-5,8-9H,2-3,6-7H2,(H,21,23)(H,22,27). The lowest BCUT2D eigenvalue weighted by Crippen LogP contribution is -2.32. The molecule has 0 bridgehead atoms. The largest absolute Gasteiger partial charge is 0.376 e. The number of halogens is 2. The molecule has 0 radical (unpaired) electrons. The van der Waals surface area contributed by atoms with Gasteiger partial charge in [0.15, 0.2) is 5.82 Å².